The molecule has 0 aromatic rings. The van der Waals surface area contributed by atoms with E-state index in [1.54, 1.807) is 0 Å². The third-order valence-electron chi connectivity index (χ3n) is 3.57. The zero-order valence-electron chi connectivity index (χ0n) is 15.3. The molecule has 6 nitrogen and oxygen atoms in total. The molecule has 1 atom stereocenters. The molecule has 1 saturated heterocycles. The summed E-state index contributed by atoms with van der Waals surface area (Å²) >= 11 is 0. The van der Waals surface area contributed by atoms with E-state index in [2.05, 4.69) is 29.5 Å². The van der Waals surface area contributed by atoms with E-state index >= 15 is 0 Å². The maximum absolute atomic E-state index is 5.64. The van der Waals surface area contributed by atoms with Crippen LogP contribution in [0.1, 0.15) is 46.0 Å². The molecule has 1 fully saturated rings. The standard InChI is InChI=1S/C17H35N3O3.HI/c1-3-5-11-21-12-7-9-19-17(18-4-2)20-10-14-22-15-16-8-6-13-23-16;/h16H,3-15H2,1-2H3,(H2,18,19,20);1H. The lowest BCUT2D eigenvalue weighted by Gasteiger charge is -2.13. The highest BCUT2D eigenvalue weighted by Gasteiger charge is 2.14. The van der Waals surface area contributed by atoms with Crippen LogP contribution in [0.5, 0.6) is 0 Å². The van der Waals surface area contributed by atoms with Crippen molar-refractivity contribution in [1.82, 2.24) is 10.6 Å². The van der Waals surface area contributed by atoms with E-state index in [0.29, 0.717) is 19.3 Å². The third kappa shape index (κ3) is 13.2. The predicted octanol–water partition coefficient (Wildman–Crippen LogP) is 2.56. The second-order valence-corrected chi connectivity index (χ2v) is 5.72. The first kappa shape index (κ1) is 23.9. The van der Waals surface area contributed by atoms with Gasteiger partial charge in [-0.05, 0) is 32.6 Å². The van der Waals surface area contributed by atoms with Crippen molar-refractivity contribution in [2.75, 3.05) is 52.7 Å². The predicted molar refractivity (Wildman–Crippen MR) is 110 cm³/mol. The molecule has 24 heavy (non-hydrogen) atoms. The highest BCUT2D eigenvalue weighted by atomic mass is 127. The van der Waals surface area contributed by atoms with Gasteiger partial charge in [0.1, 0.15) is 0 Å². The summed E-state index contributed by atoms with van der Waals surface area (Å²) in [4.78, 5) is 4.54. The zero-order chi connectivity index (χ0) is 16.6. The summed E-state index contributed by atoms with van der Waals surface area (Å²) in [6.45, 7) is 10.5. The van der Waals surface area contributed by atoms with Crippen LogP contribution in [0.15, 0.2) is 4.99 Å². The van der Waals surface area contributed by atoms with Gasteiger partial charge in [0, 0.05) is 39.5 Å². The first-order valence-electron chi connectivity index (χ1n) is 9.16. The minimum atomic E-state index is 0. The summed E-state index contributed by atoms with van der Waals surface area (Å²) in [5.74, 6) is 0.849. The van der Waals surface area contributed by atoms with Crippen LogP contribution < -0.4 is 10.6 Å². The van der Waals surface area contributed by atoms with Crippen LogP contribution in [-0.4, -0.2) is 64.7 Å². The van der Waals surface area contributed by atoms with Crippen LogP contribution >= 0.6 is 24.0 Å². The molecule has 0 radical (unpaired) electrons. The minimum absolute atomic E-state index is 0. The fraction of sp³-hybridized carbons (Fsp3) is 0.941. The summed E-state index contributed by atoms with van der Waals surface area (Å²) in [7, 11) is 0. The average molecular weight is 457 g/mol. The quantitative estimate of drug-likeness (QED) is 0.193. The molecular formula is C17H36IN3O3. The Labute approximate surface area is 164 Å². The van der Waals surface area contributed by atoms with Crippen molar-refractivity contribution in [3.05, 3.63) is 0 Å². The first-order valence-corrected chi connectivity index (χ1v) is 9.16. The molecule has 0 aromatic heterocycles. The largest absolute Gasteiger partial charge is 0.381 e. The average Bonchev–Trinajstić information content (AvgIpc) is 3.07. The van der Waals surface area contributed by atoms with Crippen molar-refractivity contribution in [2.45, 2.75) is 52.1 Å². The molecule has 1 unspecified atom stereocenters. The first-order chi connectivity index (χ1) is 11.4. The highest BCUT2D eigenvalue weighted by Crippen LogP contribution is 2.11. The van der Waals surface area contributed by atoms with Crippen molar-refractivity contribution >= 4 is 29.9 Å². The number of ether oxygens (including phenoxy) is 3. The van der Waals surface area contributed by atoms with Crippen molar-refractivity contribution in [3.8, 4) is 0 Å². The lowest BCUT2D eigenvalue weighted by Crippen LogP contribution is -2.39. The molecule has 0 aliphatic carbocycles. The summed E-state index contributed by atoms with van der Waals surface area (Å²) < 4.78 is 16.7. The lowest BCUT2D eigenvalue weighted by molar-refractivity contribution is 0.0191. The van der Waals surface area contributed by atoms with E-state index in [4.69, 9.17) is 14.2 Å². The highest BCUT2D eigenvalue weighted by molar-refractivity contribution is 14.0. The van der Waals surface area contributed by atoms with Crippen LogP contribution in [0.25, 0.3) is 0 Å². The number of guanidine groups is 1. The molecule has 7 heteroatoms. The van der Waals surface area contributed by atoms with Crippen LogP contribution in [0.3, 0.4) is 0 Å². The zero-order valence-corrected chi connectivity index (χ0v) is 17.7. The summed E-state index contributed by atoms with van der Waals surface area (Å²) in [5, 5.41) is 6.53. The Bertz CT molecular complexity index is 301. The molecule has 0 bridgehead atoms. The third-order valence-corrected chi connectivity index (χ3v) is 3.57. The van der Waals surface area contributed by atoms with Gasteiger partial charge in [-0.15, -0.1) is 24.0 Å². The van der Waals surface area contributed by atoms with E-state index in [1.165, 1.54) is 6.42 Å². The van der Waals surface area contributed by atoms with Crippen LogP contribution in [0.4, 0.5) is 0 Å². The van der Waals surface area contributed by atoms with Gasteiger partial charge in [-0.2, -0.15) is 0 Å². The summed E-state index contributed by atoms with van der Waals surface area (Å²) in [6, 6.07) is 0. The van der Waals surface area contributed by atoms with Crippen molar-refractivity contribution in [2.24, 2.45) is 4.99 Å². The number of hydrogen-bond donors (Lipinski definition) is 2. The van der Waals surface area contributed by atoms with Gasteiger partial charge in [0.15, 0.2) is 5.96 Å². The number of unbranched alkanes of at least 4 members (excludes halogenated alkanes) is 1. The number of hydrogen-bond acceptors (Lipinski definition) is 4. The summed E-state index contributed by atoms with van der Waals surface area (Å²) in [5.41, 5.74) is 0. The molecule has 0 saturated carbocycles. The Balaban J connectivity index is 0.00000529. The smallest absolute Gasteiger partial charge is 0.191 e. The molecule has 1 aliphatic heterocycles. The monoisotopic (exact) mass is 457 g/mol. The van der Waals surface area contributed by atoms with E-state index in [9.17, 15) is 0 Å². The van der Waals surface area contributed by atoms with Gasteiger partial charge in [-0.3, -0.25) is 4.99 Å². The molecule has 1 aliphatic rings. The van der Waals surface area contributed by atoms with E-state index < -0.39 is 0 Å². The molecule has 0 amide bonds. The van der Waals surface area contributed by atoms with Gasteiger partial charge < -0.3 is 24.8 Å². The van der Waals surface area contributed by atoms with Gasteiger partial charge in [-0.1, -0.05) is 13.3 Å². The maximum atomic E-state index is 5.64. The minimum Gasteiger partial charge on any atom is -0.381 e. The fourth-order valence-corrected chi connectivity index (χ4v) is 2.28. The number of rotatable bonds is 13. The fourth-order valence-electron chi connectivity index (χ4n) is 2.28. The van der Waals surface area contributed by atoms with E-state index in [0.717, 1.165) is 71.1 Å². The van der Waals surface area contributed by atoms with Crippen LogP contribution in [0.2, 0.25) is 0 Å². The molecular weight excluding hydrogens is 421 g/mol. The Morgan fingerprint density at radius 1 is 1.12 bits per heavy atom. The Morgan fingerprint density at radius 3 is 2.67 bits per heavy atom. The normalized spacial score (nSPS) is 17.6. The van der Waals surface area contributed by atoms with Gasteiger partial charge in [0.2, 0.25) is 0 Å². The van der Waals surface area contributed by atoms with Crippen LogP contribution in [0, 0.1) is 0 Å². The number of nitrogens with zero attached hydrogens (tertiary/aromatic N) is 1. The number of nitrogens with one attached hydrogen (secondary N) is 2. The summed E-state index contributed by atoms with van der Waals surface area (Å²) in [6.07, 6.45) is 5.85. The Kier molecular flexibility index (Phi) is 17.6. The van der Waals surface area contributed by atoms with Crippen molar-refractivity contribution in [3.63, 3.8) is 0 Å². The SMILES string of the molecule is CCCCOCCCN=C(NCC)NCCOCC1CCCO1.I. The van der Waals surface area contributed by atoms with Crippen molar-refractivity contribution < 1.29 is 14.2 Å². The van der Waals surface area contributed by atoms with Gasteiger partial charge in [0.05, 0.1) is 19.3 Å². The van der Waals surface area contributed by atoms with Crippen LogP contribution in [-0.2, 0) is 14.2 Å². The molecule has 2 N–H and O–H groups in total. The number of aliphatic imine (C=N–C) groups is 1. The molecule has 0 spiro atoms. The van der Waals surface area contributed by atoms with Gasteiger partial charge >= 0.3 is 0 Å². The second-order valence-electron chi connectivity index (χ2n) is 5.72. The number of halogens is 1. The molecule has 1 rings (SSSR count). The topological polar surface area (TPSA) is 64.1 Å². The Hall–Kier alpha value is -0.120. The Morgan fingerprint density at radius 2 is 1.96 bits per heavy atom. The molecule has 1 heterocycles. The van der Waals surface area contributed by atoms with Crippen molar-refractivity contribution in [1.29, 1.82) is 0 Å². The van der Waals surface area contributed by atoms with E-state index in [-0.39, 0.29) is 24.0 Å². The maximum Gasteiger partial charge on any atom is 0.191 e. The molecule has 0 aromatic carbocycles. The van der Waals surface area contributed by atoms with Gasteiger partial charge in [-0.25, -0.2) is 0 Å². The van der Waals surface area contributed by atoms with E-state index in [1.807, 2.05) is 0 Å². The molecule has 144 valence electrons. The second kappa shape index (κ2) is 17.7. The van der Waals surface area contributed by atoms with Gasteiger partial charge in [0.25, 0.3) is 0 Å². The lowest BCUT2D eigenvalue weighted by atomic mass is 10.2.